The topological polar surface area (TPSA) is 48.5 Å². The number of amides is 1. The van der Waals surface area contributed by atoms with Gasteiger partial charge in [-0.05, 0) is 67.2 Å². The van der Waals surface area contributed by atoms with Crippen LogP contribution in [0.5, 0.6) is 0 Å². The average Bonchev–Trinajstić information content (AvgIpc) is 3.13. The summed E-state index contributed by atoms with van der Waals surface area (Å²) in [6.45, 7) is 0. The number of aromatic nitrogens is 1. The van der Waals surface area contributed by atoms with Gasteiger partial charge in [0.25, 0.3) is 5.91 Å². The minimum Gasteiger partial charge on any atom is -0.306 e. The number of carbonyl (C=O) groups excluding carboxylic acids is 1. The highest BCUT2D eigenvalue weighted by Crippen LogP contribution is 2.47. The first-order valence-corrected chi connectivity index (χ1v) is 11.5. The van der Waals surface area contributed by atoms with Crippen LogP contribution in [0.25, 0.3) is 10.9 Å². The van der Waals surface area contributed by atoms with Crippen LogP contribution >= 0.6 is 0 Å². The molecule has 34 heavy (non-hydrogen) atoms. The summed E-state index contributed by atoms with van der Waals surface area (Å²) in [4.78, 5) is 18.2. The third kappa shape index (κ3) is 3.24. The Labute approximate surface area is 194 Å². The molecule has 0 aliphatic carbocycles. The second kappa shape index (κ2) is 7.92. The van der Waals surface area contributed by atoms with Gasteiger partial charge in [0, 0.05) is 36.3 Å². The van der Waals surface area contributed by atoms with Crippen LogP contribution in [0, 0.1) is 17.5 Å². The Morgan fingerprint density at radius 3 is 2.68 bits per heavy atom. The second-order valence-electron chi connectivity index (χ2n) is 9.26. The first-order valence-electron chi connectivity index (χ1n) is 11.5. The number of likely N-dealkylation sites (N-methyl/N-ethyl adjacent to an activating group) is 1. The average molecular weight is 464 g/mol. The number of hydrogen-bond acceptors (Lipinski definition) is 4. The quantitative estimate of drug-likeness (QED) is 0.550. The molecule has 1 N–H and O–H groups in total. The number of piperidine rings is 1. The first kappa shape index (κ1) is 21.3. The molecule has 3 atom stereocenters. The third-order valence-corrected chi connectivity index (χ3v) is 7.22. The number of hydrazine groups is 1. The Morgan fingerprint density at radius 1 is 1.09 bits per heavy atom. The summed E-state index contributed by atoms with van der Waals surface area (Å²) in [6.07, 6.45) is 5.24. The van der Waals surface area contributed by atoms with Crippen molar-refractivity contribution in [3.63, 3.8) is 0 Å². The van der Waals surface area contributed by atoms with Crippen molar-refractivity contribution >= 4 is 16.8 Å². The van der Waals surface area contributed by atoms with Crippen LogP contribution < -0.4 is 5.32 Å². The Bertz CT molecular complexity index is 1330. The summed E-state index contributed by atoms with van der Waals surface area (Å²) in [6, 6.07) is 10.9. The van der Waals surface area contributed by atoms with Crippen LogP contribution in [0.4, 0.5) is 13.2 Å². The van der Waals surface area contributed by atoms with Crippen molar-refractivity contribution < 1.29 is 18.0 Å². The van der Waals surface area contributed by atoms with Gasteiger partial charge in [-0.2, -0.15) is 0 Å². The van der Waals surface area contributed by atoms with E-state index in [9.17, 15) is 18.0 Å². The van der Waals surface area contributed by atoms with E-state index in [0.29, 0.717) is 23.1 Å². The molecule has 3 aromatic rings. The number of nitrogens with one attached hydrogen (secondary N) is 1. The summed E-state index contributed by atoms with van der Waals surface area (Å²) in [5.74, 6) is -4.19. The number of carbonyl (C=O) groups is 1. The number of halogens is 3. The first-order chi connectivity index (χ1) is 16.4. The van der Waals surface area contributed by atoms with Gasteiger partial charge >= 0.3 is 0 Å². The van der Waals surface area contributed by atoms with E-state index in [1.54, 1.807) is 35.4 Å². The number of rotatable bonds is 2. The fourth-order valence-electron chi connectivity index (χ4n) is 5.76. The molecule has 0 spiro atoms. The van der Waals surface area contributed by atoms with Crippen LogP contribution in [0.3, 0.4) is 0 Å². The minimum atomic E-state index is -1.49. The number of pyridine rings is 1. The van der Waals surface area contributed by atoms with Crippen LogP contribution in [0.1, 0.15) is 47.6 Å². The monoisotopic (exact) mass is 464 g/mol. The largest absolute Gasteiger partial charge is 0.306 e. The van der Waals surface area contributed by atoms with E-state index < -0.39 is 23.5 Å². The second-order valence-corrected chi connectivity index (χ2v) is 9.26. The van der Waals surface area contributed by atoms with E-state index in [4.69, 9.17) is 0 Å². The smallest absolute Gasteiger partial charge is 0.272 e. The molecule has 174 valence electrons. The summed E-state index contributed by atoms with van der Waals surface area (Å²) < 4.78 is 42.1. The minimum absolute atomic E-state index is 0.0346. The Balaban J connectivity index is 1.47. The maximum absolute atomic E-state index is 14.2. The fraction of sp³-hybridized carbons (Fsp3) is 0.308. The van der Waals surface area contributed by atoms with Gasteiger partial charge in [-0.25, -0.2) is 23.2 Å². The molecule has 0 saturated carbocycles. The lowest BCUT2D eigenvalue weighted by Crippen LogP contribution is -2.51. The van der Waals surface area contributed by atoms with Gasteiger partial charge in [0.2, 0.25) is 0 Å². The molecule has 1 unspecified atom stereocenters. The van der Waals surface area contributed by atoms with Crippen LogP contribution in [0.2, 0.25) is 0 Å². The zero-order chi connectivity index (χ0) is 23.6. The molecule has 5 nitrogen and oxygen atoms in total. The van der Waals surface area contributed by atoms with E-state index in [2.05, 4.69) is 10.3 Å². The van der Waals surface area contributed by atoms with Gasteiger partial charge in [-0.3, -0.25) is 9.78 Å². The van der Waals surface area contributed by atoms with Crippen molar-refractivity contribution in [1.29, 1.82) is 0 Å². The lowest BCUT2D eigenvalue weighted by atomic mass is 9.81. The highest BCUT2D eigenvalue weighted by molar-refractivity contribution is 5.98. The van der Waals surface area contributed by atoms with Crippen molar-refractivity contribution in [2.45, 2.75) is 43.8 Å². The number of hydrogen-bond donors (Lipinski definition) is 1. The van der Waals surface area contributed by atoms with Gasteiger partial charge in [0.15, 0.2) is 17.5 Å². The molecule has 2 aromatic carbocycles. The SMILES string of the molecule is CN1C(c2cc(F)c(F)c(F)c2)C2=C([C@@H]3CCC[C@H](C2)N3)N1C(=O)c1ccc2cccnc2c1. The summed E-state index contributed by atoms with van der Waals surface area (Å²) in [7, 11) is 1.74. The lowest BCUT2D eigenvalue weighted by Gasteiger charge is -2.39. The molecule has 1 fully saturated rings. The fourth-order valence-corrected chi connectivity index (χ4v) is 5.76. The molecule has 1 saturated heterocycles. The summed E-state index contributed by atoms with van der Waals surface area (Å²) in [5.41, 5.74) is 3.26. The lowest BCUT2D eigenvalue weighted by molar-refractivity contribution is 0.0209. The molecule has 6 rings (SSSR count). The van der Waals surface area contributed by atoms with Gasteiger partial charge < -0.3 is 5.32 Å². The summed E-state index contributed by atoms with van der Waals surface area (Å²) >= 11 is 0. The highest BCUT2D eigenvalue weighted by atomic mass is 19.2. The Hall–Kier alpha value is -3.23. The maximum atomic E-state index is 14.2. The van der Waals surface area contributed by atoms with E-state index in [0.717, 1.165) is 48.1 Å². The number of benzene rings is 2. The molecule has 3 aliphatic rings. The normalized spacial score (nSPS) is 24.6. The van der Waals surface area contributed by atoms with Crippen LogP contribution in [0.15, 0.2) is 59.9 Å². The molecule has 1 amide bonds. The molecule has 4 heterocycles. The van der Waals surface area contributed by atoms with E-state index in [1.165, 1.54) is 0 Å². The van der Waals surface area contributed by atoms with Gasteiger partial charge in [-0.15, -0.1) is 0 Å². The van der Waals surface area contributed by atoms with Crippen molar-refractivity contribution in [3.05, 3.63) is 88.5 Å². The standard InChI is InChI=1S/C26H23F3N4O/c1-32-24(16-10-19(27)23(29)20(28)11-16)18-13-17-5-2-6-21(31-17)25(18)33(32)26(34)15-8-7-14-4-3-9-30-22(14)12-15/h3-4,7-12,17,21,24,31H,2,5-6,13H2,1H3/t17-,21+,24?/m1/s1. The molecule has 8 heteroatoms. The van der Waals surface area contributed by atoms with E-state index in [1.807, 2.05) is 18.2 Å². The van der Waals surface area contributed by atoms with Gasteiger partial charge in [-0.1, -0.05) is 12.1 Å². The highest BCUT2D eigenvalue weighted by Gasteiger charge is 2.48. The number of nitrogens with zero attached hydrogens (tertiary/aromatic N) is 3. The predicted octanol–water partition coefficient (Wildman–Crippen LogP) is 4.86. The van der Waals surface area contributed by atoms with Crippen molar-refractivity contribution in [2.75, 3.05) is 7.05 Å². The van der Waals surface area contributed by atoms with Crippen molar-refractivity contribution in [1.82, 2.24) is 20.3 Å². The molecule has 0 radical (unpaired) electrons. The molecular formula is C26H23F3N4O. The Kier molecular flexibility index (Phi) is 4.97. The van der Waals surface area contributed by atoms with E-state index >= 15 is 0 Å². The van der Waals surface area contributed by atoms with Gasteiger partial charge in [0.05, 0.1) is 17.3 Å². The predicted molar refractivity (Wildman–Crippen MR) is 121 cm³/mol. The Morgan fingerprint density at radius 2 is 1.88 bits per heavy atom. The third-order valence-electron chi connectivity index (χ3n) is 7.22. The summed E-state index contributed by atoms with van der Waals surface area (Å²) in [5, 5.41) is 7.90. The molecule has 3 aliphatic heterocycles. The molecule has 2 bridgehead atoms. The zero-order valence-electron chi connectivity index (χ0n) is 18.6. The van der Waals surface area contributed by atoms with E-state index in [-0.39, 0.29) is 18.0 Å². The van der Waals surface area contributed by atoms with Crippen LogP contribution in [-0.4, -0.2) is 40.0 Å². The number of fused-ring (bicyclic) bond motifs is 4. The van der Waals surface area contributed by atoms with Crippen molar-refractivity contribution in [3.8, 4) is 0 Å². The zero-order valence-corrected chi connectivity index (χ0v) is 18.6. The maximum Gasteiger partial charge on any atom is 0.272 e. The van der Waals surface area contributed by atoms with Crippen LogP contribution in [-0.2, 0) is 0 Å². The molecular weight excluding hydrogens is 441 g/mol. The van der Waals surface area contributed by atoms with Gasteiger partial charge in [0.1, 0.15) is 0 Å². The molecule has 1 aromatic heterocycles. The van der Waals surface area contributed by atoms with Crippen molar-refractivity contribution in [2.24, 2.45) is 0 Å².